The Kier molecular flexibility index (Phi) is 6.01. The molecule has 1 aliphatic heterocycles. The van der Waals surface area contributed by atoms with Crippen molar-refractivity contribution in [1.82, 2.24) is 10.2 Å². The highest BCUT2D eigenvalue weighted by Gasteiger charge is 2.14. The van der Waals surface area contributed by atoms with Crippen molar-refractivity contribution in [3.63, 3.8) is 0 Å². The van der Waals surface area contributed by atoms with Crippen LogP contribution in [-0.4, -0.2) is 42.7 Å². The SMILES string of the molecule is O=C(CCSc1ccccc1Cl)N1CCCNCC1. The zero-order chi connectivity index (χ0) is 13.5. The van der Waals surface area contributed by atoms with Crippen molar-refractivity contribution < 1.29 is 4.79 Å². The molecule has 1 aromatic carbocycles. The number of amides is 1. The molecular weight excluding hydrogens is 280 g/mol. The Balaban J connectivity index is 1.76. The van der Waals surface area contributed by atoms with Crippen molar-refractivity contribution in [3.05, 3.63) is 29.3 Å². The standard InChI is InChI=1S/C14H19ClN2OS/c15-12-4-1-2-5-13(12)19-11-6-14(18)17-9-3-7-16-8-10-17/h1-2,4-5,16H,3,6-11H2. The van der Waals surface area contributed by atoms with E-state index in [0.717, 1.165) is 48.3 Å². The maximum Gasteiger partial charge on any atom is 0.223 e. The summed E-state index contributed by atoms with van der Waals surface area (Å²) in [5, 5.41) is 4.07. The second-order valence-electron chi connectivity index (χ2n) is 4.51. The van der Waals surface area contributed by atoms with Crippen molar-refractivity contribution in [1.29, 1.82) is 0 Å². The van der Waals surface area contributed by atoms with Crippen LogP contribution in [0.25, 0.3) is 0 Å². The van der Waals surface area contributed by atoms with Crippen LogP contribution in [0.15, 0.2) is 29.2 Å². The number of halogens is 1. The summed E-state index contributed by atoms with van der Waals surface area (Å²) in [5.74, 6) is 1.04. The van der Waals surface area contributed by atoms with Gasteiger partial charge >= 0.3 is 0 Å². The minimum absolute atomic E-state index is 0.253. The lowest BCUT2D eigenvalue weighted by molar-refractivity contribution is -0.130. The lowest BCUT2D eigenvalue weighted by Crippen LogP contribution is -2.34. The van der Waals surface area contributed by atoms with Crippen LogP contribution in [0.2, 0.25) is 5.02 Å². The highest BCUT2D eigenvalue weighted by Crippen LogP contribution is 2.27. The third-order valence-corrected chi connectivity index (χ3v) is 4.62. The molecule has 19 heavy (non-hydrogen) atoms. The molecule has 1 aliphatic rings. The predicted octanol–water partition coefficient (Wildman–Crippen LogP) is 2.64. The van der Waals surface area contributed by atoms with E-state index in [1.165, 1.54) is 0 Å². The second-order valence-corrected chi connectivity index (χ2v) is 6.06. The smallest absolute Gasteiger partial charge is 0.223 e. The van der Waals surface area contributed by atoms with E-state index in [4.69, 9.17) is 11.6 Å². The molecule has 1 N–H and O–H groups in total. The van der Waals surface area contributed by atoms with Crippen molar-refractivity contribution >= 4 is 29.3 Å². The van der Waals surface area contributed by atoms with E-state index in [2.05, 4.69) is 5.32 Å². The van der Waals surface area contributed by atoms with Crippen LogP contribution in [0, 0.1) is 0 Å². The molecule has 1 fully saturated rings. The normalized spacial score (nSPS) is 16.2. The fourth-order valence-electron chi connectivity index (χ4n) is 2.06. The van der Waals surface area contributed by atoms with Crippen molar-refractivity contribution in [2.24, 2.45) is 0 Å². The monoisotopic (exact) mass is 298 g/mol. The fraction of sp³-hybridized carbons (Fsp3) is 0.500. The van der Waals surface area contributed by atoms with Crippen LogP contribution >= 0.6 is 23.4 Å². The van der Waals surface area contributed by atoms with Gasteiger partial charge < -0.3 is 10.2 Å². The van der Waals surface area contributed by atoms with E-state index in [-0.39, 0.29) is 5.91 Å². The van der Waals surface area contributed by atoms with Gasteiger partial charge in [0.05, 0.1) is 5.02 Å². The summed E-state index contributed by atoms with van der Waals surface area (Å²) in [6.07, 6.45) is 1.62. The Hall–Kier alpha value is -0.710. The minimum Gasteiger partial charge on any atom is -0.341 e. The lowest BCUT2D eigenvalue weighted by atomic mass is 10.3. The number of thioether (sulfide) groups is 1. The molecular formula is C14H19ClN2OS. The number of hydrogen-bond donors (Lipinski definition) is 1. The Morgan fingerprint density at radius 3 is 3.00 bits per heavy atom. The van der Waals surface area contributed by atoms with Crippen LogP contribution in [0.4, 0.5) is 0 Å². The van der Waals surface area contributed by atoms with E-state index in [1.54, 1.807) is 11.8 Å². The summed E-state index contributed by atoms with van der Waals surface area (Å²) < 4.78 is 0. The highest BCUT2D eigenvalue weighted by atomic mass is 35.5. The third-order valence-electron chi connectivity index (χ3n) is 3.10. The first-order valence-corrected chi connectivity index (χ1v) is 7.99. The maximum atomic E-state index is 12.1. The molecule has 0 unspecified atom stereocenters. The number of carbonyl (C=O) groups excluding carboxylic acids is 1. The topological polar surface area (TPSA) is 32.3 Å². The molecule has 104 valence electrons. The van der Waals surface area contributed by atoms with Gasteiger partial charge in [0, 0.05) is 36.7 Å². The van der Waals surface area contributed by atoms with E-state index in [1.807, 2.05) is 29.2 Å². The van der Waals surface area contributed by atoms with Crippen LogP contribution in [0.3, 0.4) is 0 Å². The molecule has 0 radical (unpaired) electrons. The second kappa shape index (κ2) is 7.78. The summed E-state index contributed by atoms with van der Waals surface area (Å²) in [4.78, 5) is 15.1. The zero-order valence-electron chi connectivity index (χ0n) is 10.9. The number of rotatable bonds is 4. The van der Waals surface area contributed by atoms with Crippen LogP contribution in [0.5, 0.6) is 0 Å². The maximum absolute atomic E-state index is 12.1. The lowest BCUT2D eigenvalue weighted by Gasteiger charge is -2.19. The first kappa shape index (κ1) is 14.7. The largest absolute Gasteiger partial charge is 0.341 e. The number of benzene rings is 1. The van der Waals surface area contributed by atoms with Gasteiger partial charge in [-0.05, 0) is 25.1 Å². The quantitative estimate of drug-likeness (QED) is 0.868. The van der Waals surface area contributed by atoms with Gasteiger partial charge in [-0.15, -0.1) is 11.8 Å². The summed E-state index contributed by atoms with van der Waals surface area (Å²) >= 11 is 7.73. The van der Waals surface area contributed by atoms with Gasteiger partial charge in [-0.3, -0.25) is 4.79 Å². The van der Waals surface area contributed by atoms with E-state index < -0.39 is 0 Å². The minimum atomic E-state index is 0.253. The molecule has 0 bridgehead atoms. The molecule has 0 saturated carbocycles. The average molecular weight is 299 g/mol. The Bertz CT molecular complexity index is 420. The van der Waals surface area contributed by atoms with Gasteiger partial charge in [-0.1, -0.05) is 23.7 Å². The van der Waals surface area contributed by atoms with Gasteiger partial charge in [-0.25, -0.2) is 0 Å². The van der Waals surface area contributed by atoms with Crippen molar-refractivity contribution in [2.45, 2.75) is 17.7 Å². The predicted molar refractivity (Wildman–Crippen MR) is 80.9 cm³/mol. The molecule has 1 aromatic rings. The number of nitrogens with zero attached hydrogens (tertiary/aromatic N) is 1. The molecule has 2 rings (SSSR count). The van der Waals surface area contributed by atoms with Gasteiger partial charge in [-0.2, -0.15) is 0 Å². The van der Waals surface area contributed by atoms with E-state index in [9.17, 15) is 4.79 Å². The Morgan fingerprint density at radius 2 is 2.16 bits per heavy atom. The van der Waals surface area contributed by atoms with Crippen LogP contribution in [0.1, 0.15) is 12.8 Å². The molecule has 1 heterocycles. The molecule has 1 amide bonds. The molecule has 0 aromatic heterocycles. The highest BCUT2D eigenvalue weighted by molar-refractivity contribution is 7.99. The molecule has 1 saturated heterocycles. The van der Waals surface area contributed by atoms with Gasteiger partial charge in [0.25, 0.3) is 0 Å². The molecule has 5 heteroatoms. The fourth-order valence-corrected chi connectivity index (χ4v) is 3.24. The summed E-state index contributed by atoms with van der Waals surface area (Å²) in [6.45, 7) is 3.62. The molecule has 3 nitrogen and oxygen atoms in total. The molecule has 0 atom stereocenters. The van der Waals surface area contributed by atoms with Crippen molar-refractivity contribution in [3.8, 4) is 0 Å². The van der Waals surface area contributed by atoms with Gasteiger partial charge in [0.15, 0.2) is 0 Å². The van der Waals surface area contributed by atoms with Gasteiger partial charge in [0.2, 0.25) is 5.91 Å². The van der Waals surface area contributed by atoms with Crippen LogP contribution < -0.4 is 5.32 Å². The first-order chi connectivity index (χ1) is 9.27. The summed E-state index contributed by atoms with van der Waals surface area (Å²) in [6, 6.07) is 7.76. The van der Waals surface area contributed by atoms with E-state index >= 15 is 0 Å². The van der Waals surface area contributed by atoms with Crippen LogP contribution in [-0.2, 0) is 4.79 Å². The Labute approximate surface area is 123 Å². The number of nitrogens with one attached hydrogen (secondary N) is 1. The van der Waals surface area contributed by atoms with Crippen molar-refractivity contribution in [2.75, 3.05) is 31.9 Å². The first-order valence-electron chi connectivity index (χ1n) is 6.63. The average Bonchev–Trinajstić information content (AvgIpc) is 2.70. The van der Waals surface area contributed by atoms with Gasteiger partial charge in [0.1, 0.15) is 0 Å². The summed E-state index contributed by atoms with van der Waals surface area (Å²) in [7, 11) is 0. The molecule has 0 spiro atoms. The zero-order valence-corrected chi connectivity index (χ0v) is 12.5. The molecule has 0 aliphatic carbocycles. The summed E-state index contributed by atoms with van der Waals surface area (Å²) in [5.41, 5.74) is 0. The third kappa shape index (κ3) is 4.71. The Morgan fingerprint density at radius 1 is 1.32 bits per heavy atom. The number of hydrogen-bond acceptors (Lipinski definition) is 3. The number of carbonyl (C=O) groups is 1. The van der Waals surface area contributed by atoms with E-state index in [0.29, 0.717) is 6.42 Å².